The summed E-state index contributed by atoms with van der Waals surface area (Å²) in [6.07, 6.45) is 58.7. The molecule has 0 aliphatic heterocycles. The summed E-state index contributed by atoms with van der Waals surface area (Å²) in [5, 5.41) is 0. The van der Waals surface area contributed by atoms with Crippen LogP contribution in [0.5, 0.6) is 0 Å². The predicted octanol–water partition coefficient (Wildman–Crippen LogP) is 14.4. The quantitative estimate of drug-likeness (QED) is 0.0271. The predicted molar refractivity (Wildman–Crippen MR) is 243 cm³/mol. The Morgan fingerprint density at radius 1 is 0.448 bits per heavy atom. The fraction of sp³-hybridized carbons (Fsp3) is 0.673. The maximum Gasteiger partial charge on any atom is 0.469 e. The number of rotatable bonds is 41. The number of carbonyl (C=O) groups excluding carboxylic acids is 2. The molecule has 0 spiro atoms. The zero-order valence-corrected chi connectivity index (χ0v) is 37.6. The number of esters is 2. The number of unbranched alkanes of at least 4 members (excludes halogenated alkanes) is 17. The van der Waals surface area contributed by atoms with Crippen LogP contribution in [0.25, 0.3) is 0 Å². The molecule has 0 aliphatic rings. The number of hydrogen-bond donors (Lipinski definition) is 2. The molecule has 0 heterocycles. The van der Waals surface area contributed by atoms with Crippen LogP contribution in [0.1, 0.15) is 194 Å². The van der Waals surface area contributed by atoms with Crippen LogP contribution in [0.15, 0.2) is 85.1 Å². The van der Waals surface area contributed by atoms with Gasteiger partial charge in [0.1, 0.15) is 6.61 Å². The maximum absolute atomic E-state index is 12.5. The van der Waals surface area contributed by atoms with Crippen molar-refractivity contribution in [3.63, 3.8) is 0 Å². The Kier molecular flexibility index (Phi) is 41.7. The molecule has 0 rings (SSSR count). The van der Waals surface area contributed by atoms with Crippen LogP contribution in [0.4, 0.5) is 0 Å². The first-order chi connectivity index (χ1) is 28.3. The molecule has 1 unspecified atom stereocenters. The van der Waals surface area contributed by atoms with Gasteiger partial charge in [0.05, 0.1) is 6.61 Å². The lowest BCUT2D eigenvalue weighted by atomic mass is 10.0. The Hall–Kier alpha value is -2.77. The van der Waals surface area contributed by atoms with Crippen molar-refractivity contribution in [2.75, 3.05) is 13.2 Å². The van der Waals surface area contributed by atoms with Crippen LogP contribution >= 0.6 is 7.82 Å². The van der Waals surface area contributed by atoms with Gasteiger partial charge in [0.2, 0.25) is 0 Å². The molecule has 0 aromatic carbocycles. The van der Waals surface area contributed by atoms with Crippen LogP contribution in [0.3, 0.4) is 0 Å². The third-order valence-corrected chi connectivity index (χ3v) is 9.89. The number of carbonyl (C=O) groups is 2. The summed E-state index contributed by atoms with van der Waals surface area (Å²) >= 11 is 0. The number of phosphoric ester groups is 1. The minimum absolute atomic E-state index is 0.200. The van der Waals surface area contributed by atoms with Gasteiger partial charge in [-0.05, 0) is 83.5 Å². The molecule has 0 amide bonds. The highest BCUT2D eigenvalue weighted by molar-refractivity contribution is 7.46. The van der Waals surface area contributed by atoms with Gasteiger partial charge in [-0.3, -0.25) is 14.1 Å². The monoisotopic (exact) mass is 831 g/mol. The van der Waals surface area contributed by atoms with Crippen molar-refractivity contribution in [2.45, 2.75) is 200 Å². The Morgan fingerprint density at radius 3 is 1.16 bits per heavy atom. The van der Waals surface area contributed by atoms with E-state index in [-0.39, 0.29) is 19.4 Å². The highest BCUT2D eigenvalue weighted by Gasteiger charge is 2.22. The van der Waals surface area contributed by atoms with E-state index in [0.717, 1.165) is 96.3 Å². The zero-order valence-electron chi connectivity index (χ0n) is 36.7. The third kappa shape index (κ3) is 45.9. The highest BCUT2D eigenvalue weighted by Crippen LogP contribution is 2.36. The Labute approximate surface area is 354 Å². The van der Waals surface area contributed by atoms with Crippen molar-refractivity contribution in [1.82, 2.24) is 0 Å². The summed E-state index contributed by atoms with van der Waals surface area (Å²) in [5.41, 5.74) is 0. The third-order valence-electron chi connectivity index (χ3n) is 9.41. The SMILES string of the molecule is CC/C=C\C/C=C\C/C=C\C/C=C\CCCCCCCCCCCCC(=O)OC(COC(=O)CCCCCCCCC/C=C\C/C=C\C/C=C\CC)COP(=O)(O)O. The second kappa shape index (κ2) is 43.8. The van der Waals surface area contributed by atoms with E-state index >= 15 is 0 Å². The summed E-state index contributed by atoms with van der Waals surface area (Å²) in [6, 6.07) is 0. The van der Waals surface area contributed by atoms with Gasteiger partial charge in [0, 0.05) is 12.8 Å². The minimum Gasteiger partial charge on any atom is -0.462 e. The zero-order chi connectivity index (χ0) is 42.5. The van der Waals surface area contributed by atoms with Crippen LogP contribution in [-0.2, 0) is 28.2 Å². The van der Waals surface area contributed by atoms with Gasteiger partial charge < -0.3 is 19.3 Å². The fourth-order valence-electron chi connectivity index (χ4n) is 6.08. The standard InChI is InChI=1S/C49H83O8P/c1-3-5-7-9-11-13-15-17-19-21-22-23-24-25-26-28-30-32-34-36-38-40-42-44-49(51)57-47(46-56-58(52,53)54)45-55-48(50)43-41-39-37-35-33-31-29-27-20-18-16-14-12-10-8-6-4-2/h5-8,11-14,17-20,22-23,47H,3-4,9-10,15-16,21,24-46H2,1-2H3,(H2,52,53,54)/b7-5-,8-6-,13-11-,14-12-,19-17-,20-18-,23-22-. The first kappa shape index (κ1) is 55.2. The molecule has 0 fully saturated rings. The second-order valence-electron chi connectivity index (χ2n) is 15.0. The molecule has 58 heavy (non-hydrogen) atoms. The van der Waals surface area contributed by atoms with E-state index in [9.17, 15) is 14.2 Å². The number of hydrogen-bond acceptors (Lipinski definition) is 6. The fourth-order valence-corrected chi connectivity index (χ4v) is 6.44. The van der Waals surface area contributed by atoms with E-state index in [1.54, 1.807) is 0 Å². The molecule has 1 atom stereocenters. The van der Waals surface area contributed by atoms with Crippen molar-refractivity contribution in [1.29, 1.82) is 0 Å². The van der Waals surface area contributed by atoms with Gasteiger partial charge in [-0.2, -0.15) is 0 Å². The highest BCUT2D eigenvalue weighted by atomic mass is 31.2. The van der Waals surface area contributed by atoms with E-state index < -0.39 is 32.5 Å². The van der Waals surface area contributed by atoms with Gasteiger partial charge in [-0.1, -0.05) is 182 Å². The van der Waals surface area contributed by atoms with Gasteiger partial charge in [0.25, 0.3) is 0 Å². The average Bonchev–Trinajstić information content (AvgIpc) is 3.20. The lowest BCUT2D eigenvalue weighted by Crippen LogP contribution is -2.29. The topological polar surface area (TPSA) is 119 Å². The van der Waals surface area contributed by atoms with Crippen molar-refractivity contribution in [3.8, 4) is 0 Å². The Morgan fingerprint density at radius 2 is 0.776 bits per heavy atom. The molecule has 9 heteroatoms. The van der Waals surface area contributed by atoms with Crippen LogP contribution < -0.4 is 0 Å². The maximum atomic E-state index is 12.5. The molecule has 332 valence electrons. The molecule has 0 aromatic rings. The molecule has 2 N–H and O–H groups in total. The van der Waals surface area contributed by atoms with Gasteiger partial charge in [-0.15, -0.1) is 0 Å². The van der Waals surface area contributed by atoms with E-state index in [0.29, 0.717) is 12.8 Å². The largest absolute Gasteiger partial charge is 0.469 e. The summed E-state index contributed by atoms with van der Waals surface area (Å²) < 4.78 is 26.5. The van der Waals surface area contributed by atoms with Crippen LogP contribution in [0.2, 0.25) is 0 Å². The van der Waals surface area contributed by atoms with E-state index in [4.69, 9.17) is 19.3 Å². The number of phosphoric acid groups is 1. The molecular formula is C49H83O8P. The van der Waals surface area contributed by atoms with E-state index in [1.807, 2.05) is 0 Å². The number of allylic oxidation sites excluding steroid dienone is 14. The minimum atomic E-state index is -4.77. The van der Waals surface area contributed by atoms with Gasteiger partial charge >= 0.3 is 19.8 Å². The lowest BCUT2D eigenvalue weighted by Gasteiger charge is -2.18. The molecule has 0 aromatic heterocycles. The van der Waals surface area contributed by atoms with E-state index in [1.165, 1.54) is 57.8 Å². The molecule has 0 radical (unpaired) electrons. The first-order valence-corrected chi connectivity index (χ1v) is 24.4. The summed E-state index contributed by atoms with van der Waals surface area (Å²) in [7, 11) is -4.77. The van der Waals surface area contributed by atoms with Crippen LogP contribution in [0, 0.1) is 0 Å². The van der Waals surface area contributed by atoms with Gasteiger partial charge in [-0.25, -0.2) is 4.57 Å². The smallest absolute Gasteiger partial charge is 0.462 e. The molecule has 0 bridgehead atoms. The van der Waals surface area contributed by atoms with Crippen LogP contribution in [-0.4, -0.2) is 41.0 Å². The molecule has 0 saturated carbocycles. The lowest BCUT2D eigenvalue weighted by molar-refractivity contribution is -0.161. The summed E-state index contributed by atoms with van der Waals surface area (Å²) in [4.78, 5) is 43.0. The molecular weight excluding hydrogens is 748 g/mol. The van der Waals surface area contributed by atoms with E-state index in [2.05, 4.69) is 103 Å². The van der Waals surface area contributed by atoms with Crippen molar-refractivity contribution < 1.29 is 37.9 Å². The Bertz CT molecular complexity index is 1210. The van der Waals surface area contributed by atoms with Crippen molar-refractivity contribution in [2.24, 2.45) is 0 Å². The first-order valence-electron chi connectivity index (χ1n) is 22.9. The second-order valence-corrected chi connectivity index (χ2v) is 16.2. The van der Waals surface area contributed by atoms with Gasteiger partial charge in [0.15, 0.2) is 6.10 Å². The normalized spacial score (nSPS) is 13.2. The van der Waals surface area contributed by atoms with Crippen molar-refractivity contribution >= 4 is 19.8 Å². The molecule has 8 nitrogen and oxygen atoms in total. The van der Waals surface area contributed by atoms with Crippen molar-refractivity contribution in [3.05, 3.63) is 85.1 Å². The number of ether oxygens (including phenoxy) is 2. The molecule has 0 saturated heterocycles. The molecule has 0 aliphatic carbocycles. The Balaban J connectivity index is 3.90. The average molecular weight is 831 g/mol. The summed E-state index contributed by atoms with van der Waals surface area (Å²) in [6.45, 7) is 3.46. The summed E-state index contributed by atoms with van der Waals surface area (Å²) in [5.74, 6) is -0.905.